The molecule has 0 aliphatic carbocycles. The third-order valence-electron chi connectivity index (χ3n) is 6.51. The Hall–Kier alpha value is -4.35. The first-order valence-corrected chi connectivity index (χ1v) is 13.4. The number of piperazine rings is 1. The van der Waals surface area contributed by atoms with E-state index in [1.807, 2.05) is 52.0 Å². The molecule has 0 saturated carbocycles. The number of rotatable bonds is 6. The van der Waals surface area contributed by atoms with E-state index in [0.29, 0.717) is 62.7 Å². The fourth-order valence-corrected chi connectivity index (χ4v) is 4.69. The Labute approximate surface area is 233 Å². The van der Waals surface area contributed by atoms with Gasteiger partial charge >= 0.3 is 6.09 Å². The number of aromatic nitrogens is 4. The zero-order valence-electron chi connectivity index (χ0n) is 23.3. The molecule has 12 nitrogen and oxygen atoms in total. The van der Waals surface area contributed by atoms with Crippen LogP contribution in [0.25, 0.3) is 5.95 Å². The SMILES string of the molecule is Cc1cc(N2CCN(C(=O)OC(C)(C)C)CC2CC(=O)NCc2ccc3c(c2)OCCO3)nc(-n2ccnc2)n1. The topological polar surface area (TPSA) is 124 Å². The molecule has 3 aromatic rings. The van der Waals surface area contributed by atoms with Crippen LogP contribution in [0.2, 0.25) is 0 Å². The van der Waals surface area contributed by atoms with Crippen LogP contribution in [0.1, 0.15) is 38.4 Å². The van der Waals surface area contributed by atoms with Crippen LogP contribution in [0.15, 0.2) is 43.0 Å². The average Bonchev–Trinajstić information content (AvgIpc) is 3.46. The van der Waals surface area contributed by atoms with Crippen LogP contribution < -0.4 is 19.7 Å². The van der Waals surface area contributed by atoms with Gasteiger partial charge in [-0.25, -0.2) is 14.8 Å². The molecule has 2 aromatic heterocycles. The van der Waals surface area contributed by atoms with E-state index >= 15 is 0 Å². The molecular weight excluding hydrogens is 514 g/mol. The summed E-state index contributed by atoms with van der Waals surface area (Å²) in [7, 11) is 0. The minimum Gasteiger partial charge on any atom is -0.486 e. The monoisotopic (exact) mass is 549 g/mol. The van der Waals surface area contributed by atoms with Gasteiger partial charge in [0.15, 0.2) is 11.5 Å². The molecule has 0 bridgehead atoms. The van der Waals surface area contributed by atoms with Gasteiger partial charge in [0, 0.05) is 56.8 Å². The van der Waals surface area contributed by atoms with Gasteiger partial charge in [0.2, 0.25) is 11.9 Å². The summed E-state index contributed by atoms with van der Waals surface area (Å²) in [6, 6.07) is 7.21. The van der Waals surface area contributed by atoms with Crippen LogP contribution in [0, 0.1) is 6.92 Å². The maximum absolute atomic E-state index is 13.2. The first kappa shape index (κ1) is 27.2. The predicted molar refractivity (Wildman–Crippen MR) is 147 cm³/mol. The smallest absolute Gasteiger partial charge is 0.410 e. The number of nitrogens with one attached hydrogen (secondary N) is 1. The number of fused-ring (bicyclic) bond motifs is 1. The highest BCUT2D eigenvalue weighted by Crippen LogP contribution is 2.31. The summed E-state index contributed by atoms with van der Waals surface area (Å²) < 4.78 is 18.6. The number of amides is 2. The number of nitrogens with zero attached hydrogens (tertiary/aromatic N) is 6. The molecule has 5 rings (SSSR count). The van der Waals surface area contributed by atoms with Crippen LogP contribution >= 0.6 is 0 Å². The number of hydrogen-bond donors (Lipinski definition) is 1. The molecule has 0 radical (unpaired) electrons. The molecule has 0 spiro atoms. The summed E-state index contributed by atoms with van der Waals surface area (Å²) in [5.74, 6) is 2.42. The highest BCUT2D eigenvalue weighted by molar-refractivity contribution is 5.77. The first-order chi connectivity index (χ1) is 19.1. The number of aryl methyl sites for hydroxylation is 1. The summed E-state index contributed by atoms with van der Waals surface area (Å²) in [4.78, 5) is 43.2. The van der Waals surface area contributed by atoms with Gasteiger partial charge in [0.05, 0.1) is 6.04 Å². The molecular formula is C28H35N7O5. The number of carbonyl (C=O) groups is 2. The number of ether oxygens (including phenoxy) is 3. The molecule has 1 saturated heterocycles. The van der Waals surface area contributed by atoms with E-state index in [1.165, 1.54) is 0 Å². The van der Waals surface area contributed by atoms with Crippen molar-refractivity contribution < 1.29 is 23.8 Å². The Balaban J connectivity index is 1.32. The Morgan fingerprint density at radius 1 is 1.10 bits per heavy atom. The average molecular weight is 550 g/mol. The van der Waals surface area contributed by atoms with Crippen molar-refractivity contribution in [1.29, 1.82) is 0 Å². The van der Waals surface area contributed by atoms with E-state index in [9.17, 15) is 9.59 Å². The highest BCUT2D eigenvalue weighted by atomic mass is 16.6. The second kappa shape index (κ2) is 11.4. The third-order valence-corrected chi connectivity index (χ3v) is 6.51. The molecule has 1 N–H and O–H groups in total. The summed E-state index contributed by atoms with van der Waals surface area (Å²) in [5.41, 5.74) is 1.07. The number of anilines is 1. The van der Waals surface area contributed by atoms with Gasteiger partial charge in [0.25, 0.3) is 0 Å². The van der Waals surface area contributed by atoms with Gasteiger partial charge in [-0.05, 0) is 45.4 Å². The van der Waals surface area contributed by atoms with Crippen molar-refractivity contribution in [1.82, 2.24) is 29.7 Å². The molecule has 2 aliphatic rings. The van der Waals surface area contributed by atoms with Crippen LogP contribution in [0.4, 0.5) is 10.6 Å². The lowest BCUT2D eigenvalue weighted by atomic mass is 10.1. The molecule has 1 aromatic carbocycles. The van der Waals surface area contributed by atoms with Gasteiger partial charge < -0.3 is 29.3 Å². The molecule has 1 atom stereocenters. The maximum atomic E-state index is 13.2. The number of carbonyl (C=O) groups excluding carboxylic acids is 2. The largest absolute Gasteiger partial charge is 0.486 e. The zero-order chi connectivity index (χ0) is 28.3. The Bertz CT molecular complexity index is 1360. The second-order valence-electron chi connectivity index (χ2n) is 10.9. The number of benzene rings is 1. The van der Waals surface area contributed by atoms with Crippen molar-refractivity contribution in [2.24, 2.45) is 0 Å². The Kier molecular flexibility index (Phi) is 7.76. The normalized spacial score (nSPS) is 16.9. The minimum absolute atomic E-state index is 0.142. The molecule has 2 aliphatic heterocycles. The van der Waals surface area contributed by atoms with Crippen molar-refractivity contribution in [3.8, 4) is 17.4 Å². The van der Waals surface area contributed by atoms with Gasteiger partial charge in [-0.1, -0.05) is 6.07 Å². The fourth-order valence-electron chi connectivity index (χ4n) is 4.69. The lowest BCUT2D eigenvalue weighted by molar-refractivity contribution is -0.121. The van der Waals surface area contributed by atoms with E-state index in [0.717, 1.165) is 11.3 Å². The van der Waals surface area contributed by atoms with Gasteiger partial charge in [-0.3, -0.25) is 9.36 Å². The van der Waals surface area contributed by atoms with Crippen molar-refractivity contribution in [3.63, 3.8) is 0 Å². The van der Waals surface area contributed by atoms with E-state index in [4.69, 9.17) is 19.2 Å². The van der Waals surface area contributed by atoms with Crippen LogP contribution in [-0.4, -0.2) is 80.9 Å². The molecule has 1 fully saturated rings. The Morgan fingerprint density at radius 3 is 2.65 bits per heavy atom. The molecule has 212 valence electrons. The van der Waals surface area contributed by atoms with E-state index < -0.39 is 11.7 Å². The van der Waals surface area contributed by atoms with Gasteiger partial charge in [0.1, 0.15) is 31.0 Å². The molecule has 12 heteroatoms. The van der Waals surface area contributed by atoms with Crippen molar-refractivity contribution in [2.45, 2.75) is 52.3 Å². The van der Waals surface area contributed by atoms with Gasteiger partial charge in [-0.15, -0.1) is 0 Å². The number of hydrogen-bond acceptors (Lipinski definition) is 9. The number of imidazole rings is 1. The lowest BCUT2D eigenvalue weighted by Gasteiger charge is -2.42. The molecule has 4 heterocycles. The van der Waals surface area contributed by atoms with E-state index in [2.05, 4.69) is 20.2 Å². The first-order valence-electron chi connectivity index (χ1n) is 13.4. The van der Waals surface area contributed by atoms with Crippen LogP contribution in [0.3, 0.4) is 0 Å². The lowest BCUT2D eigenvalue weighted by Crippen LogP contribution is -2.57. The summed E-state index contributed by atoms with van der Waals surface area (Å²) >= 11 is 0. The highest BCUT2D eigenvalue weighted by Gasteiger charge is 2.34. The molecule has 2 amide bonds. The van der Waals surface area contributed by atoms with Gasteiger partial charge in [-0.2, -0.15) is 4.98 Å². The summed E-state index contributed by atoms with van der Waals surface area (Å²) in [6.45, 7) is 10.0. The third kappa shape index (κ3) is 6.61. The second-order valence-corrected chi connectivity index (χ2v) is 10.9. The standard InChI is InChI=1S/C28H35N7O5/c1-19-13-24(32-26(31-19)34-8-7-29-18-34)35-10-9-33(27(37)40-28(2,3)4)17-21(35)15-25(36)30-16-20-5-6-22-23(14-20)39-12-11-38-22/h5-8,13-14,18,21H,9-12,15-17H2,1-4H3,(H,30,36). The predicted octanol–water partition coefficient (Wildman–Crippen LogP) is 2.87. The van der Waals surface area contributed by atoms with Crippen LogP contribution in [0.5, 0.6) is 11.5 Å². The summed E-state index contributed by atoms with van der Waals surface area (Å²) in [6.07, 6.45) is 4.85. The summed E-state index contributed by atoms with van der Waals surface area (Å²) in [5, 5.41) is 3.01. The Morgan fingerprint density at radius 2 is 1.90 bits per heavy atom. The van der Waals surface area contributed by atoms with E-state index in [-0.39, 0.29) is 18.4 Å². The zero-order valence-corrected chi connectivity index (χ0v) is 23.3. The van der Waals surface area contributed by atoms with E-state index in [1.54, 1.807) is 28.2 Å². The molecule has 40 heavy (non-hydrogen) atoms. The van der Waals surface area contributed by atoms with Crippen LogP contribution in [-0.2, 0) is 16.1 Å². The fraction of sp³-hybridized carbons (Fsp3) is 0.464. The quantitative estimate of drug-likeness (QED) is 0.494. The van der Waals surface area contributed by atoms with Crippen molar-refractivity contribution in [2.75, 3.05) is 37.7 Å². The minimum atomic E-state index is -0.617. The molecule has 1 unspecified atom stereocenters. The maximum Gasteiger partial charge on any atom is 0.410 e. The van der Waals surface area contributed by atoms with Crippen molar-refractivity contribution >= 4 is 17.8 Å². The van der Waals surface area contributed by atoms with Crippen molar-refractivity contribution in [3.05, 3.63) is 54.2 Å².